The highest BCUT2D eigenvalue weighted by Gasteiger charge is 2.02. The molecule has 1 heteroatoms. The van der Waals surface area contributed by atoms with Crippen molar-refractivity contribution in [3.8, 4) is 11.8 Å². The molecule has 0 atom stereocenters. The van der Waals surface area contributed by atoms with Crippen LogP contribution in [0.3, 0.4) is 0 Å². The molecular formula is C16H29N. The fraction of sp³-hybridized carbons (Fsp3) is 0.750. The summed E-state index contributed by atoms with van der Waals surface area (Å²) in [5.41, 5.74) is 1.51. The third-order valence-electron chi connectivity index (χ3n) is 2.20. The lowest BCUT2D eigenvalue weighted by Gasteiger charge is -2.07. The van der Waals surface area contributed by atoms with Gasteiger partial charge < -0.3 is 5.32 Å². The zero-order valence-corrected chi connectivity index (χ0v) is 12.5. The van der Waals surface area contributed by atoms with Gasteiger partial charge in [-0.1, -0.05) is 37.3 Å². The van der Waals surface area contributed by atoms with Gasteiger partial charge in [-0.25, -0.2) is 0 Å². The number of hydrogen-bond acceptors (Lipinski definition) is 1. The normalized spacial score (nSPS) is 12.5. The predicted molar refractivity (Wildman–Crippen MR) is 77.9 cm³/mol. The van der Waals surface area contributed by atoms with Crippen LogP contribution in [0.5, 0.6) is 0 Å². The van der Waals surface area contributed by atoms with Crippen LogP contribution in [0.1, 0.15) is 54.4 Å². The molecule has 0 aliphatic carbocycles. The maximum absolute atomic E-state index is 3.44. The van der Waals surface area contributed by atoms with E-state index in [4.69, 9.17) is 0 Å². The molecule has 0 bridgehead atoms. The largest absolute Gasteiger partial charge is 0.316 e. The lowest BCUT2D eigenvalue weighted by Crippen LogP contribution is -2.20. The van der Waals surface area contributed by atoms with Gasteiger partial charge in [0.2, 0.25) is 0 Å². The fourth-order valence-electron chi connectivity index (χ4n) is 1.33. The summed E-state index contributed by atoms with van der Waals surface area (Å²) in [6.07, 6.45) is 4.31. The van der Waals surface area contributed by atoms with Gasteiger partial charge in [-0.15, -0.1) is 0 Å². The minimum absolute atomic E-state index is 0.124. The first-order valence-electron chi connectivity index (χ1n) is 6.67. The van der Waals surface area contributed by atoms with Crippen molar-refractivity contribution in [1.82, 2.24) is 5.32 Å². The predicted octanol–water partition coefficient (Wildman–Crippen LogP) is 4.01. The van der Waals surface area contributed by atoms with E-state index in [9.17, 15) is 0 Å². The second-order valence-electron chi connectivity index (χ2n) is 6.17. The molecule has 0 saturated carbocycles. The molecule has 0 aromatic carbocycles. The molecule has 0 fully saturated rings. The van der Waals surface area contributed by atoms with E-state index in [-0.39, 0.29) is 5.41 Å². The molecule has 0 aromatic rings. The number of nitrogens with one attached hydrogen (secondary N) is 1. The number of allylic oxidation sites excluding steroid dienone is 1. The van der Waals surface area contributed by atoms with Crippen molar-refractivity contribution in [3.63, 3.8) is 0 Å². The second kappa shape index (κ2) is 8.37. The SMILES string of the molecule is C/C(=C/CCNCC(C)C)CC#CC(C)(C)C. The summed E-state index contributed by atoms with van der Waals surface area (Å²) in [6, 6.07) is 0. The molecule has 0 aliphatic heterocycles. The van der Waals surface area contributed by atoms with Gasteiger partial charge in [-0.05, 0) is 53.1 Å². The molecular weight excluding hydrogens is 206 g/mol. The zero-order chi connectivity index (χ0) is 13.3. The Kier molecular flexibility index (Phi) is 8.00. The Labute approximate surface area is 108 Å². The molecule has 0 amide bonds. The van der Waals surface area contributed by atoms with Crippen molar-refractivity contribution in [1.29, 1.82) is 0 Å². The fourth-order valence-corrected chi connectivity index (χ4v) is 1.33. The molecule has 1 N–H and O–H groups in total. The Morgan fingerprint density at radius 1 is 1.29 bits per heavy atom. The van der Waals surface area contributed by atoms with Crippen molar-refractivity contribution in [2.75, 3.05) is 13.1 Å². The van der Waals surface area contributed by atoms with E-state index in [2.05, 4.69) is 64.8 Å². The van der Waals surface area contributed by atoms with Crippen LogP contribution >= 0.6 is 0 Å². The Balaban J connectivity index is 3.75. The third-order valence-corrected chi connectivity index (χ3v) is 2.20. The van der Waals surface area contributed by atoms with Crippen molar-refractivity contribution in [2.45, 2.75) is 54.4 Å². The Morgan fingerprint density at radius 2 is 1.94 bits per heavy atom. The number of rotatable bonds is 6. The summed E-state index contributed by atoms with van der Waals surface area (Å²) in [4.78, 5) is 0. The summed E-state index contributed by atoms with van der Waals surface area (Å²) < 4.78 is 0. The summed E-state index contributed by atoms with van der Waals surface area (Å²) in [6.45, 7) is 15.3. The first-order valence-corrected chi connectivity index (χ1v) is 6.67. The molecule has 98 valence electrons. The average molecular weight is 235 g/mol. The van der Waals surface area contributed by atoms with Crippen LogP contribution in [-0.4, -0.2) is 13.1 Å². The van der Waals surface area contributed by atoms with Gasteiger partial charge in [-0.2, -0.15) is 0 Å². The summed E-state index contributed by atoms with van der Waals surface area (Å²) in [5, 5.41) is 3.44. The van der Waals surface area contributed by atoms with Crippen molar-refractivity contribution < 1.29 is 0 Å². The lowest BCUT2D eigenvalue weighted by atomic mass is 9.97. The summed E-state index contributed by atoms with van der Waals surface area (Å²) in [7, 11) is 0. The topological polar surface area (TPSA) is 12.0 Å². The highest BCUT2D eigenvalue weighted by atomic mass is 14.8. The van der Waals surface area contributed by atoms with Crippen LogP contribution in [0.25, 0.3) is 0 Å². The molecule has 1 nitrogen and oxygen atoms in total. The monoisotopic (exact) mass is 235 g/mol. The second-order valence-corrected chi connectivity index (χ2v) is 6.17. The minimum Gasteiger partial charge on any atom is -0.316 e. The van der Waals surface area contributed by atoms with Crippen LogP contribution in [-0.2, 0) is 0 Å². The maximum atomic E-state index is 3.44. The Morgan fingerprint density at radius 3 is 2.47 bits per heavy atom. The summed E-state index contributed by atoms with van der Waals surface area (Å²) in [5.74, 6) is 7.24. The quantitative estimate of drug-likeness (QED) is 0.417. The molecule has 0 aromatic heterocycles. The first kappa shape index (κ1) is 16.3. The van der Waals surface area contributed by atoms with E-state index in [1.54, 1.807) is 0 Å². The van der Waals surface area contributed by atoms with Crippen LogP contribution < -0.4 is 5.32 Å². The standard InChI is InChI=1S/C16H29N/c1-14(2)13-17-12-8-10-15(3)9-7-11-16(4,5)6/h10,14,17H,8-9,12-13H2,1-6H3/b15-10-. The smallest absolute Gasteiger partial charge is 0.0296 e. The molecule has 0 unspecified atom stereocenters. The van der Waals surface area contributed by atoms with Crippen molar-refractivity contribution in [2.24, 2.45) is 11.3 Å². The highest BCUT2D eigenvalue weighted by molar-refractivity contribution is 5.15. The van der Waals surface area contributed by atoms with Gasteiger partial charge in [0, 0.05) is 11.8 Å². The van der Waals surface area contributed by atoms with Gasteiger partial charge in [0.15, 0.2) is 0 Å². The highest BCUT2D eigenvalue weighted by Crippen LogP contribution is 2.10. The first-order chi connectivity index (χ1) is 7.81. The molecule has 0 saturated heterocycles. The van der Waals surface area contributed by atoms with E-state index in [0.717, 1.165) is 31.8 Å². The van der Waals surface area contributed by atoms with E-state index in [1.807, 2.05) is 0 Å². The van der Waals surface area contributed by atoms with E-state index < -0.39 is 0 Å². The van der Waals surface area contributed by atoms with Gasteiger partial charge >= 0.3 is 0 Å². The van der Waals surface area contributed by atoms with Gasteiger partial charge in [-0.3, -0.25) is 0 Å². The van der Waals surface area contributed by atoms with Crippen molar-refractivity contribution in [3.05, 3.63) is 11.6 Å². The molecule has 0 rings (SSSR count). The summed E-state index contributed by atoms with van der Waals surface area (Å²) >= 11 is 0. The van der Waals surface area contributed by atoms with E-state index >= 15 is 0 Å². The minimum atomic E-state index is 0.124. The number of hydrogen-bond donors (Lipinski definition) is 1. The maximum Gasteiger partial charge on any atom is 0.0296 e. The Bertz CT molecular complexity index is 281. The molecule has 0 heterocycles. The van der Waals surface area contributed by atoms with Crippen LogP contribution in [0.15, 0.2) is 11.6 Å². The van der Waals surface area contributed by atoms with Crippen LogP contribution in [0.2, 0.25) is 0 Å². The van der Waals surface area contributed by atoms with Gasteiger partial charge in [0.25, 0.3) is 0 Å². The molecule has 0 aliphatic rings. The molecule has 0 radical (unpaired) electrons. The zero-order valence-electron chi connectivity index (χ0n) is 12.5. The van der Waals surface area contributed by atoms with Crippen LogP contribution in [0.4, 0.5) is 0 Å². The average Bonchev–Trinajstić information content (AvgIpc) is 2.14. The molecule has 0 spiro atoms. The van der Waals surface area contributed by atoms with E-state index in [1.165, 1.54) is 5.57 Å². The third kappa shape index (κ3) is 13.2. The van der Waals surface area contributed by atoms with E-state index in [0.29, 0.717) is 0 Å². The lowest BCUT2D eigenvalue weighted by molar-refractivity contribution is 0.556. The molecule has 17 heavy (non-hydrogen) atoms. The van der Waals surface area contributed by atoms with Gasteiger partial charge in [0.05, 0.1) is 0 Å². The van der Waals surface area contributed by atoms with Crippen molar-refractivity contribution >= 4 is 0 Å². The Hall–Kier alpha value is -0.740. The van der Waals surface area contributed by atoms with Gasteiger partial charge in [0.1, 0.15) is 0 Å². The van der Waals surface area contributed by atoms with Crippen LogP contribution in [0, 0.1) is 23.2 Å².